The Morgan fingerprint density at radius 2 is 1.87 bits per heavy atom. The Bertz CT molecular complexity index is 961. The Labute approximate surface area is 176 Å². The number of nitrogens with zero attached hydrogens (tertiary/aromatic N) is 1. The third kappa shape index (κ3) is 4.24. The van der Waals surface area contributed by atoms with Gasteiger partial charge in [0, 0.05) is 30.7 Å². The highest BCUT2D eigenvalue weighted by molar-refractivity contribution is 5.99. The Morgan fingerprint density at radius 3 is 2.57 bits per heavy atom. The lowest BCUT2D eigenvalue weighted by molar-refractivity contribution is 0.0487. The third-order valence-electron chi connectivity index (χ3n) is 5.76. The molecule has 2 N–H and O–H groups in total. The minimum absolute atomic E-state index is 0.126. The summed E-state index contributed by atoms with van der Waals surface area (Å²) >= 11 is 0. The molecular formula is C24H27N3O3. The van der Waals surface area contributed by atoms with Crippen LogP contribution in [0.5, 0.6) is 5.75 Å². The van der Waals surface area contributed by atoms with Gasteiger partial charge in [-0.25, -0.2) is 0 Å². The average Bonchev–Trinajstić information content (AvgIpc) is 3.30. The second kappa shape index (κ2) is 9.13. The molecule has 1 amide bonds. The van der Waals surface area contributed by atoms with Crippen molar-refractivity contribution in [3.05, 3.63) is 71.9 Å². The van der Waals surface area contributed by atoms with Crippen LogP contribution >= 0.6 is 0 Å². The van der Waals surface area contributed by atoms with E-state index in [-0.39, 0.29) is 11.3 Å². The van der Waals surface area contributed by atoms with Gasteiger partial charge < -0.3 is 14.8 Å². The molecule has 6 nitrogen and oxygen atoms in total. The lowest BCUT2D eigenvalue weighted by Crippen LogP contribution is -2.44. The summed E-state index contributed by atoms with van der Waals surface area (Å²) in [6.07, 6.45) is 3.31. The van der Waals surface area contributed by atoms with Crippen molar-refractivity contribution in [2.45, 2.75) is 25.2 Å². The molecule has 0 radical (unpaired) electrons. The van der Waals surface area contributed by atoms with Crippen molar-refractivity contribution in [2.75, 3.05) is 26.4 Å². The Balaban J connectivity index is 1.52. The SMILES string of the molecule is CCOc1ccc(C2(CNC(=O)c3cn[nH]c3-c3ccccc3)CCOCC2)cc1. The van der Waals surface area contributed by atoms with Gasteiger partial charge in [-0.1, -0.05) is 42.5 Å². The maximum atomic E-state index is 13.0. The third-order valence-corrected chi connectivity index (χ3v) is 5.76. The maximum absolute atomic E-state index is 13.0. The number of benzene rings is 2. The number of carbonyl (C=O) groups is 1. The molecule has 6 heteroatoms. The molecule has 0 spiro atoms. The first kappa shape index (κ1) is 20.2. The van der Waals surface area contributed by atoms with Crippen molar-refractivity contribution >= 4 is 5.91 Å². The Kier molecular flexibility index (Phi) is 6.14. The van der Waals surface area contributed by atoms with Gasteiger partial charge in [0.25, 0.3) is 5.91 Å². The van der Waals surface area contributed by atoms with Crippen LogP contribution < -0.4 is 10.1 Å². The fourth-order valence-corrected chi connectivity index (χ4v) is 4.03. The fraction of sp³-hybridized carbons (Fsp3) is 0.333. The van der Waals surface area contributed by atoms with Crippen molar-refractivity contribution in [3.63, 3.8) is 0 Å². The topological polar surface area (TPSA) is 76.2 Å². The van der Waals surface area contributed by atoms with E-state index in [9.17, 15) is 4.79 Å². The molecule has 3 aromatic rings. The summed E-state index contributed by atoms with van der Waals surface area (Å²) in [6, 6.07) is 18.0. The number of aromatic amines is 1. The number of carbonyl (C=O) groups excluding carboxylic acids is 1. The molecule has 1 saturated heterocycles. The first-order valence-corrected chi connectivity index (χ1v) is 10.4. The fourth-order valence-electron chi connectivity index (χ4n) is 4.03. The van der Waals surface area contributed by atoms with Gasteiger partial charge in [0.1, 0.15) is 5.75 Å². The highest BCUT2D eigenvalue weighted by Crippen LogP contribution is 2.35. The van der Waals surface area contributed by atoms with Crippen LogP contribution in [0.25, 0.3) is 11.3 Å². The zero-order chi connectivity index (χ0) is 20.8. The maximum Gasteiger partial charge on any atom is 0.255 e. The lowest BCUT2D eigenvalue weighted by Gasteiger charge is -2.38. The van der Waals surface area contributed by atoms with Gasteiger partial charge in [0.05, 0.1) is 24.1 Å². The van der Waals surface area contributed by atoms with Crippen LogP contribution in [-0.4, -0.2) is 42.5 Å². The second-order valence-corrected chi connectivity index (χ2v) is 7.56. The number of nitrogens with one attached hydrogen (secondary N) is 2. The van der Waals surface area contributed by atoms with Gasteiger partial charge in [-0.15, -0.1) is 0 Å². The molecule has 0 atom stereocenters. The van der Waals surface area contributed by atoms with Crippen LogP contribution in [0.2, 0.25) is 0 Å². The molecule has 1 aliphatic rings. The number of amides is 1. The van der Waals surface area contributed by atoms with Crippen LogP contribution in [0.3, 0.4) is 0 Å². The van der Waals surface area contributed by atoms with E-state index in [1.165, 1.54) is 5.56 Å². The van der Waals surface area contributed by atoms with Crippen molar-refractivity contribution in [1.82, 2.24) is 15.5 Å². The summed E-state index contributed by atoms with van der Waals surface area (Å²) in [5.74, 6) is 0.734. The minimum atomic E-state index is -0.157. The summed E-state index contributed by atoms with van der Waals surface area (Å²) in [6.45, 7) is 4.53. The summed E-state index contributed by atoms with van der Waals surface area (Å²) in [5, 5.41) is 10.2. The van der Waals surface area contributed by atoms with Gasteiger partial charge in [0.2, 0.25) is 0 Å². The first-order valence-electron chi connectivity index (χ1n) is 10.4. The number of rotatable bonds is 7. The van der Waals surface area contributed by atoms with E-state index in [4.69, 9.17) is 9.47 Å². The predicted octanol–water partition coefficient (Wildman–Crippen LogP) is 3.95. The molecular weight excluding hydrogens is 378 g/mol. The molecule has 0 unspecified atom stereocenters. The number of hydrogen-bond donors (Lipinski definition) is 2. The largest absolute Gasteiger partial charge is 0.494 e. The molecule has 156 valence electrons. The lowest BCUT2D eigenvalue weighted by atomic mass is 9.74. The Hall–Kier alpha value is -3.12. The van der Waals surface area contributed by atoms with Gasteiger partial charge in [0.15, 0.2) is 0 Å². The molecule has 0 aliphatic carbocycles. The van der Waals surface area contributed by atoms with E-state index in [1.54, 1.807) is 6.20 Å². The van der Waals surface area contributed by atoms with Crippen LogP contribution in [0.4, 0.5) is 0 Å². The highest BCUT2D eigenvalue weighted by Gasteiger charge is 2.35. The monoisotopic (exact) mass is 405 g/mol. The van der Waals surface area contributed by atoms with E-state index in [0.717, 1.165) is 29.8 Å². The number of H-pyrrole nitrogens is 1. The molecule has 0 bridgehead atoms. The van der Waals surface area contributed by atoms with Crippen molar-refractivity contribution in [1.29, 1.82) is 0 Å². The number of aromatic nitrogens is 2. The molecule has 1 aromatic heterocycles. The summed E-state index contributed by atoms with van der Waals surface area (Å²) in [4.78, 5) is 13.0. The standard InChI is InChI=1S/C24H27N3O3/c1-2-30-20-10-8-19(9-11-20)24(12-14-29-15-13-24)17-25-23(28)21-16-26-27-22(21)18-6-4-3-5-7-18/h3-11,16H,2,12-15,17H2,1H3,(H,25,28)(H,26,27). The van der Waals surface area contributed by atoms with E-state index in [1.807, 2.05) is 49.4 Å². The molecule has 30 heavy (non-hydrogen) atoms. The minimum Gasteiger partial charge on any atom is -0.494 e. The molecule has 2 heterocycles. The number of hydrogen-bond acceptors (Lipinski definition) is 4. The van der Waals surface area contributed by atoms with Gasteiger partial charge >= 0.3 is 0 Å². The summed E-state index contributed by atoms with van der Waals surface area (Å²) in [5.41, 5.74) is 3.26. The second-order valence-electron chi connectivity index (χ2n) is 7.56. The van der Waals surface area contributed by atoms with Gasteiger partial charge in [-0.2, -0.15) is 5.10 Å². The van der Waals surface area contributed by atoms with E-state index in [0.29, 0.717) is 31.9 Å². The highest BCUT2D eigenvalue weighted by atomic mass is 16.5. The molecule has 2 aromatic carbocycles. The van der Waals surface area contributed by atoms with E-state index in [2.05, 4.69) is 27.6 Å². The molecule has 1 aliphatic heterocycles. The van der Waals surface area contributed by atoms with Crippen LogP contribution in [0.1, 0.15) is 35.7 Å². The van der Waals surface area contributed by atoms with Crippen molar-refractivity contribution in [2.24, 2.45) is 0 Å². The summed E-state index contributed by atoms with van der Waals surface area (Å²) < 4.78 is 11.2. The quantitative estimate of drug-likeness (QED) is 0.624. The molecule has 0 saturated carbocycles. The normalized spacial score (nSPS) is 15.5. The molecule has 1 fully saturated rings. The summed E-state index contributed by atoms with van der Waals surface area (Å²) in [7, 11) is 0. The zero-order valence-electron chi connectivity index (χ0n) is 17.2. The van der Waals surface area contributed by atoms with Crippen LogP contribution in [0.15, 0.2) is 60.8 Å². The van der Waals surface area contributed by atoms with Gasteiger partial charge in [-0.3, -0.25) is 9.89 Å². The van der Waals surface area contributed by atoms with E-state index >= 15 is 0 Å². The van der Waals surface area contributed by atoms with Crippen LogP contribution in [0, 0.1) is 0 Å². The number of ether oxygens (including phenoxy) is 2. The Morgan fingerprint density at radius 1 is 1.13 bits per heavy atom. The van der Waals surface area contributed by atoms with Crippen LogP contribution in [-0.2, 0) is 10.2 Å². The first-order chi connectivity index (χ1) is 14.7. The van der Waals surface area contributed by atoms with Gasteiger partial charge in [-0.05, 0) is 37.5 Å². The smallest absolute Gasteiger partial charge is 0.255 e. The van der Waals surface area contributed by atoms with Crippen molar-refractivity contribution < 1.29 is 14.3 Å². The average molecular weight is 405 g/mol. The predicted molar refractivity (Wildman–Crippen MR) is 116 cm³/mol. The zero-order valence-corrected chi connectivity index (χ0v) is 17.2. The van der Waals surface area contributed by atoms with Crippen molar-refractivity contribution in [3.8, 4) is 17.0 Å². The van der Waals surface area contributed by atoms with E-state index < -0.39 is 0 Å². The molecule has 4 rings (SSSR count).